The van der Waals surface area contributed by atoms with Crippen LogP contribution in [0, 0.1) is 11.6 Å². The number of benzene rings is 2. The maximum atomic E-state index is 14.2. The fraction of sp³-hybridized carbons (Fsp3) is 0.294. The number of rotatable bonds is 4. The van der Waals surface area contributed by atoms with Gasteiger partial charge >= 0.3 is 0 Å². The molecule has 1 nitrogen and oxygen atoms in total. The van der Waals surface area contributed by atoms with Crippen molar-refractivity contribution >= 4 is 11.8 Å². The number of hydrogen-bond donors (Lipinski definition) is 1. The van der Waals surface area contributed by atoms with Crippen LogP contribution in [0.5, 0.6) is 0 Å². The highest BCUT2D eigenvalue weighted by Crippen LogP contribution is 2.45. The van der Waals surface area contributed by atoms with Gasteiger partial charge in [0.25, 0.3) is 0 Å². The van der Waals surface area contributed by atoms with E-state index in [1.807, 2.05) is 19.1 Å². The van der Waals surface area contributed by atoms with Crippen LogP contribution in [0.25, 0.3) is 0 Å². The van der Waals surface area contributed by atoms with Crippen molar-refractivity contribution in [1.82, 2.24) is 5.32 Å². The predicted molar refractivity (Wildman–Crippen MR) is 82.7 cm³/mol. The van der Waals surface area contributed by atoms with Gasteiger partial charge in [0.1, 0.15) is 0 Å². The highest BCUT2D eigenvalue weighted by Gasteiger charge is 2.32. The Balaban J connectivity index is 2.02. The van der Waals surface area contributed by atoms with Crippen LogP contribution >= 0.6 is 11.8 Å². The molecule has 21 heavy (non-hydrogen) atoms. The smallest absolute Gasteiger partial charge is 0.163 e. The van der Waals surface area contributed by atoms with Crippen molar-refractivity contribution in [2.75, 3.05) is 12.3 Å². The molecule has 2 aromatic carbocycles. The molecular weight excluding hydrogens is 288 g/mol. The van der Waals surface area contributed by atoms with E-state index in [0.29, 0.717) is 12.1 Å². The number of hydrogen-bond acceptors (Lipinski definition) is 2. The molecule has 0 saturated heterocycles. The van der Waals surface area contributed by atoms with Crippen LogP contribution in [-0.4, -0.2) is 12.3 Å². The van der Waals surface area contributed by atoms with Crippen LogP contribution in [0.1, 0.15) is 30.0 Å². The Morgan fingerprint density at radius 1 is 1.19 bits per heavy atom. The summed E-state index contributed by atoms with van der Waals surface area (Å²) in [6, 6.07) is 12.4. The summed E-state index contributed by atoms with van der Waals surface area (Å²) in [6.45, 7) is 2.70. The molecule has 0 fully saturated rings. The summed E-state index contributed by atoms with van der Waals surface area (Å²) in [6.07, 6.45) is 0. The zero-order valence-electron chi connectivity index (χ0n) is 11.8. The lowest BCUT2D eigenvalue weighted by Gasteiger charge is -2.25. The van der Waals surface area contributed by atoms with Gasteiger partial charge in [0.2, 0.25) is 0 Å². The lowest BCUT2D eigenvalue weighted by atomic mass is 9.88. The average molecular weight is 305 g/mol. The third-order valence-corrected chi connectivity index (χ3v) is 5.09. The topological polar surface area (TPSA) is 12.0 Å². The van der Waals surface area contributed by atoms with Gasteiger partial charge in [-0.3, -0.25) is 0 Å². The average Bonchev–Trinajstić information content (AvgIpc) is 2.92. The van der Waals surface area contributed by atoms with Crippen molar-refractivity contribution in [3.8, 4) is 0 Å². The molecule has 110 valence electrons. The van der Waals surface area contributed by atoms with Gasteiger partial charge in [0, 0.05) is 28.2 Å². The molecule has 0 amide bonds. The molecule has 0 saturated carbocycles. The fourth-order valence-electron chi connectivity index (χ4n) is 2.91. The van der Waals surface area contributed by atoms with Crippen molar-refractivity contribution in [2.24, 2.45) is 0 Å². The van der Waals surface area contributed by atoms with Crippen molar-refractivity contribution < 1.29 is 8.78 Å². The molecule has 1 aliphatic rings. The first-order valence-corrected chi connectivity index (χ1v) is 8.10. The van der Waals surface area contributed by atoms with Gasteiger partial charge in [-0.2, -0.15) is 0 Å². The van der Waals surface area contributed by atoms with Gasteiger partial charge in [0.05, 0.1) is 0 Å². The summed E-state index contributed by atoms with van der Waals surface area (Å²) >= 11 is 1.78. The van der Waals surface area contributed by atoms with Crippen molar-refractivity contribution in [3.05, 3.63) is 65.2 Å². The molecule has 2 atom stereocenters. The summed E-state index contributed by atoms with van der Waals surface area (Å²) < 4.78 is 27.7. The Labute approximate surface area is 127 Å². The Bertz CT molecular complexity index is 644. The van der Waals surface area contributed by atoms with Crippen LogP contribution in [0.4, 0.5) is 8.78 Å². The second-order valence-corrected chi connectivity index (χ2v) is 6.20. The minimum Gasteiger partial charge on any atom is -0.310 e. The van der Waals surface area contributed by atoms with E-state index >= 15 is 0 Å². The molecule has 1 aliphatic heterocycles. The molecule has 3 rings (SSSR count). The molecule has 0 aromatic heterocycles. The SMILES string of the molecule is CCNC(c1cccc(F)c1F)C1CSc2ccccc21. The van der Waals surface area contributed by atoms with Crippen LogP contribution in [0.3, 0.4) is 0 Å². The van der Waals surface area contributed by atoms with E-state index in [0.717, 1.165) is 5.75 Å². The van der Waals surface area contributed by atoms with Gasteiger partial charge in [-0.15, -0.1) is 11.8 Å². The summed E-state index contributed by atoms with van der Waals surface area (Å²) in [5, 5.41) is 3.33. The van der Waals surface area contributed by atoms with E-state index in [1.165, 1.54) is 16.5 Å². The van der Waals surface area contributed by atoms with E-state index < -0.39 is 11.6 Å². The first-order valence-electron chi connectivity index (χ1n) is 7.11. The Morgan fingerprint density at radius 3 is 2.81 bits per heavy atom. The minimum atomic E-state index is -0.783. The molecule has 0 bridgehead atoms. The highest BCUT2D eigenvalue weighted by molar-refractivity contribution is 7.99. The second-order valence-electron chi connectivity index (χ2n) is 5.13. The number of nitrogens with one attached hydrogen (secondary N) is 1. The van der Waals surface area contributed by atoms with E-state index in [4.69, 9.17) is 0 Å². The Morgan fingerprint density at radius 2 is 2.00 bits per heavy atom. The summed E-state index contributed by atoms with van der Waals surface area (Å²) in [7, 11) is 0. The third kappa shape index (κ3) is 2.70. The summed E-state index contributed by atoms with van der Waals surface area (Å²) in [5.74, 6) is -0.484. The molecule has 4 heteroatoms. The highest BCUT2D eigenvalue weighted by atomic mass is 32.2. The van der Waals surface area contributed by atoms with E-state index in [9.17, 15) is 8.78 Å². The predicted octanol–water partition coefficient (Wildman–Crippen LogP) is 4.50. The van der Waals surface area contributed by atoms with E-state index in [1.54, 1.807) is 23.9 Å². The molecular formula is C17H17F2NS. The van der Waals surface area contributed by atoms with Crippen LogP contribution in [-0.2, 0) is 0 Å². The van der Waals surface area contributed by atoms with Gasteiger partial charge < -0.3 is 5.32 Å². The van der Waals surface area contributed by atoms with E-state index in [-0.39, 0.29) is 12.0 Å². The van der Waals surface area contributed by atoms with Gasteiger partial charge in [0.15, 0.2) is 11.6 Å². The van der Waals surface area contributed by atoms with Crippen LogP contribution in [0.15, 0.2) is 47.4 Å². The fourth-order valence-corrected chi connectivity index (χ4v) is 4.20. The summed E-state index contributed by atoms with van der Waals surface area (Å²) in [4.78, 5) is 1.24. The standard InChI is InChI=1S/C17H17F2NS/c1-2-20-17(12-7-5-8-14(18)16(12)19)13-10-21-15-9-4-3-6-11(13)15/h3-9,13,17,20H,2,10H2,1H3. The number of fused-ring (bicyclic) bond motifs is 1. The van der Waals surface area contributed by atoms with Gasteiger partial charge in [-0.1, -0.05) is 37.3 Å². The normalized spacial score (nSPS) is 18.5. The maximum Gasteiger partial charge on any atom is 0.163 e. The molecule has 2 unspecified atom stereocenters. The van der Waals surface area contributed by atoms with Crippen molar-refractivity contribution in [2.45, 2.75) is 23.8 Å². The van der Waals surface area contributed by atoms with Crippen molar-refractivity contribution in [1.29, 1.82) is 0 Å². The second kappa shape index (κ2) is 6.16. The number of thioether (sulfide) groups is 1. The maximum absolute atomic E-state index is 14.2. The molecule has 1 N–H and O–H groups in total. The molecule has 0 aliphatic carbocycles. The Hall–Kier alpha value is -1.39. The zero-order chi connectivity index (χ0) is 14.8. The molecule has 0 spiro atoms. The summed E-state index contributed by atoms with van der Waals surface area (Å²) in [5.41, 5.74) is 1.64. The molecule has 2 aromatic rings. The van der Waals surface area contributed by atoms with Crippen LogP contribution in [0.2, 0.25) is 0 Å². The molecule has 1 heterocycles. The van der Waals surface area contributed by atoms with Crippen molar-refractivity contribution in [3.63, 3.8) is 0 Å². The van der Waals surface area contributed by atoms with Gasteiger partial charge in [-0.05, 0) is 24.2 Å². The number of halogens is 2. The van der Waals surface area contributed by atoms with Crippen LogP contribution < -0.4 is 5.32 Å². The van der Waals surface area contributed by atoms with Gasteiger partial charge in [-0.25, -0.2) is 8.78 Å². The minimum absolute atomic E-state index is 0.155. The zero-order valence-corrected chi connectivity index (χ0v) is 12.6. The first kappa shape index (κ1) is 14.5. The number of likely N-dealkylation sites (N-methyl/N-ethyl adjacent to an activating group) is 1. The quantitative estimate of drug-likeness (QED) is 0.892. The Kier molecular flexibility index (Phi) is 4.27. The largest absolute Gasteiger partial charge is 0.310 e. The monoisotopic (exact) mass is 305 g/mol. The first-order chi connectivity index (χ1) is 10.2. The van der Waals surface area contributed by atoms with E-state index in [2.05, 4.69) is 17.4 Å². The molecule has 0 radical (unpaired) electrons. The lowest BCUT2D eigenvalue weighted by molar-refractivity contribution is 0.437. The lowest BCUT2D eigenvalue weighted by Crippen LogP contribution is -2.28. The third-order valence-electron chi connectivity index (χ3n) is 3.88.